The van der Waals surface area contributed by atoms with Crippen LogP contribution < -0.4 is 0 Å². The minimum Gasteiger partial charge on any atom is -0.445 e. The van der Waals surface area contributed by atoms with Crippen LogP contribution in [0.5, 0.6) is 0 Å². The lowest BCUT2D eigenvalue weighted by Crippen LogP contribution is -2.51. The van der Waals surface area contributed by atoms with E-state index in [0.717, 1.165) is 0 Å². The highest BCUT2D eigenvalue weighted by Gasteiger charge is 2.30. The molecule has 0 radical (unpaired) electrons. The van der Waals surface area contributed by atoms with Crippen LogP contribution in [-0.2, 0) is 9.53 Å². The lowest BCUT2D eigenvalue weighted by Gasteiger charge is -2.36. The maximum absolute atomic E-state index is 12.7. The third kappa shape index (κ3) is 4.43. The SMILES string of the molecule is BC(C(=O)N1CCN(C(=O)OCC=C)CC1)C(B)c1ccccc1. The van der Waals surface area contributed by atoms with Gasteiger partial charge in [0.1, 0.15) is 22.3 Å². The molecule has 7 heteroatoms. The highest BCUT2D eigenvalue weighted by molar-refractivity contribution is 6.30. The Morgan fingerprint density at radius 1 is 1.12 bits per heavy atom. The van der Waals surface area contributed by atoms with Gasteiger partial charge in [0.15, 0.2) is 0 Å². The van der Waals surface area contributed by atoms with Gasteiger partial charge >= 0.3 is 6.09 Å². The molecule has 1 saturated heterocycles. The van der Waals surface area contributed by atoms with Crippen LogP contribution in [-0.4, -0.2) is 70.3 Å². The van der Waals surface area contributed by atoms with Crippen molar-refractivity contribution in [1.29, 1.82) is 0 Å². The summed E-state index contributed by atoms with van der Waals surface area (Å²) in [5.74, 6) is 0.214. The Balaban J connectivity index is 1.88. The van der Waals surface area contributed by atoms with Crippen molar-refractivity contribution >= 4 is 27.7 Å². The van der Waals surface area contributed by atoms with Gasteiger partial charge in [-0.15, -0.1) is 0 Å². The fourth-order valence-corrected chi connectivity index (χ4v) is 2.88. The van der Waals surface area contributed by atoms with Crippen molar-refractivity contribution in [3.8, 4) is 0 Å². The molecule has 0 bridgehead atoms. The van der Waals surface area contributed by atoms with Gasteiger partial charge < -0.3 is 14.5 Å². The maximum atomic E-state index is 12.7. The topological polar surface area (TPSA) is 49.9 Å². The van der Waals surface area contributed by atoms with Crippen LogP contribution >= 0.6 is 0 Å². The van der Waals surface area contributed by atoms with E-state index in [0.29, 0.717) is 26.2 Å². The molecule has 0 saturated carbocycles. The summed E-state index contributed by atoms with van der Waals surface area (Å²) < 4.78 is 5.04. The number of carbonyl (C=O) groups excluding carboxylic acids is 2. The van der Waals surface area contributed by atoms with Gasteiger partial charge in [0.2, 0.25) is 5.91 Å². The first-order valence-corrected chi connectivity index (χ1v) is 8.41. The van der Waals surface area contributed by atoms with Gasteiger partial charge in [0, 0.05) is 32.0 Å². The number of hydrogen-bond donors (Lipinski definition) is 0. The normalized spacial score (nSPS) is 17.0. The number of amides is 2. The van der Waals surface area contributed by atoms with E-state index in [9.17, 15) is 9.59 Å². The number of nitrogens with zero attached hydrogens (tertiary/aromatic N) is 2. The number of rotatable bonds is 5. The van der Waals surface area contributed by atoms with Crippen LogP contribution in [0.3, 0.4) is 0 Å². The zero-order chi connectivity index (χ0) is 17.5. The van der Waals surface area contributed by atoms with E-state index in [2.05, 4.69) is 26.6 Å². The Morgan fingerprint density at radius 3 is 2.29 bits per heavy atom. The van der Waals surface area contributed by atoms with Crippen molar-refractivity contribution in [2.24, 2.45) is 0 Å². The highest BCUT2D eigenvalue weighted by atomic mass is 16.6. The molecule has 24 heavy (non-hydrogen) atoms. The van der Waals surface area contributed by atoms with Crippen molar-refractivity contribution < 1.29 is 14.3 Å². The third-order valence-corrected chi connectivity index (χ3v) is 4.64. The van der Waals surface area contributed by atoms with Crippen LogP contribution in [0.1, 0.15) is 11.4 Å². The molecule has 5 nitrogen and oxygen atoms in total. The lowest BCUT2D eigenvalue weighted by atomic mass is 9.63. The quantitative estimate of drug-likeness (QED) is 0.576. The summed E-state index contributed by atoms with van der Waals surface area (Å²) in [5.41, 5.74) is 1.17. The zero-order valence-electron chi connectivity index (χ0n) is 14.5. The molecule has 0 aromatic heterocycles. The first-order valence-electron chi connectivity index (χ1n) is 8.41. The number of piperazine rings is 1. The molecule has 1 fully saturated rings. The molecule has 0 N–H and O–H groups in total. The fraction of sp³-hybridized carbons (Fsp3) is 0.412. The van der Waals surface area contributed by atoms with E-state index < -0.39 is 0 Å². The van der Waals surface area contributed by atoms with Crippen molar-refractivity contribution in [3.05, 3.63) is 48.6 Å². The monoisotopic (exact) mass is 326 g/mol. The van der Waals surface area contributed by atoms with E-state index in [1.807, 2.05) is 30.9 Å². The lowest BCUT2D eigenvalue weighted by molar-refractivity contribution is -0.132. The molecular weight excluding hydrogens is 302 g/mol. The Kier molecular flexibility index (Phi) is 6.53. The van der Waals surface area contributed by atoms with Crippen LogP contribution in [0, 0.1) is 0 Å². The largest absolute Gasteiger partial charge is 0.445 e. The Hall–Kier alpha value is -2.17. The molecule has 0 aliphatic carbocycles. The number of benzene rings is 1. The molecule has 0 spiro atoms. The summed E-state index contributed by atoms with van der Waals surface area (Å²) in [7, 11) is 4.06. The highest BCUT2D eigenvalue weighted by Crippen LogP contribution is 2.26. The van der Waals surface area contributed by atoms with Gasteiger partial charge in [-0.05, 0) is 5.82 Å². The van der Waals surface area contributed by atoms with Gasteiger partial charge in [0.25, 0.3) is 0 Å². The molecule has 2 rings (SSSR count). The first-order chi connectivity index (χ1) is 11.5. The zero-order valence-corrected chi connectivity index (χ0v) is 14.5. The maximum Gasteiger partial charge on any atom is 0.410 e. The first kappa shape index (κ1) is 18.2. The molecule has 1 aromatic rings. The van der Waals surface area contributed by atoms with Crippen molar-refractivity contribution in [1.82, 2.24) is 9.80 Å². The molecule has 1 aromatic carbocycles. The molecule has 2 amide bonds. The molecule has 1 heterocycles. The standard InChI is InChI=1S/C17H24B2N2O3/c1-2-12-24-17(23)21-10-8-20(9-11-21)16(22)15(19)14(18)13-6-4-3-5-7-13/h2-7,14-15H,1,8-12,18-19H2. The van der Waals surface area contributed by atoms with Crippen molar-refractivity contribution in [2.45, 2.75) is 11.6 Å². The Bertz CT molecular complexity index is 574. The summed E-state index contributed by atoms with van der Waals surface area (Å²) in [6, 6.07) is 10.1. The summed E-state index contributed by atoms with van der Waals surface area (Å²) in [4.78, 5) is 28.0. The van der Waals surface area contributed by atoms with Gasteiger partial charge in [-0.1, -0.05) is 48.6 Å². The smallest absolute Gasteiger partial charge is 0.410 e. The van der Waals surface area contributed by atoms with Gasteiger partial charge in [-0.25, -0.2) is 4.79 Å². The third-order valence-electron chi connectivity index (χ3n) is 4.64. The van der Waals surface area contributed by atoms with Crippen LogP contribution in [0.2, 0.25) is 5.82 Å². The molecule has 2 atom stereocenters. The second-order valence-electron chi connectivity index (χ2n) is 6.17. The van der Waals surface area contributed by atoms with E-state index >= 15 is 0 Å². The van der Waals surface area contributed by atoms with E-state index in [1.54, 1.807) is 11.0 Å². The van der Waals surface area contributed by atoms with Crippen molar-refractivity contribution in [2.75, 3.05) is 32.8 Å². The van der Waals surface area contributed by atoms with Crippen LogP contribution in [0.25, 0.3) is 0 Å². The number of ether oxygens (including phenoxy) is 1. The summed E-state index contributed by atoms with van der Waals surface area (Å²) in [5, 5.41) is 0. The van der Waals surface area contributed by atoms with Crippen molar-refractivity contribution in [3.63, 3.8) is 0 Å². The summed E-state index contributed by atoms with van der Waals surface area (Å²) in [6.07, 6.45) is 1.21. The Morgan fingerprint density at radius 2 is 1.71 bits per heavy atom. The van der Waals surface area contributed by atoms with E-state index in [1.165, 1.54) is 5.56 Å². The second-order valence-corrected chi connectivity index (χ2v) is 6.17. The average molecular weight is 326 g/mol. The molecule has 126 valence electrons. The number of hydrogen-bond acceptors (Lipinski definition) is 3. The predicted octanol–water partition coefficient (Wildman–Crippen LogP) is 0.249. The minimum absolute atomic E-state index is 0.0910. The minimum atomic E-state index is -0.340. The van der Waals surface area contributed by atoms with Gasteiger partial charge in [0.05, 0.1) is 0 Å². The second kappa shape index (κ2) is 8.62. The van der Waals surface area contributed by atoms with E-state index in [-0.39, 0.29) is 30.2 Å². The molecule has 2 unspecified atom stereocenters. The predicted molar refractivity (Wildman–Crippen MR) is 99.7 cm³/mol. The van der Waals surface area contributed by atoms with Crippen LogP contribution in [0.15, 0.2) is 43.0 Å². The van der Waals surface area contributed by atoms with Gasteiger partial charge in [-0.2, -0.15) is 0 Å². The average Bonchev–Trinajstić information content (AvgIpc) is 2.65. The molecule has 1 aliphatic rings. The number of carbonyl (C=O) groups is 2. The van der Waals surface area contributed by atoms with E-state index in [4.69, 9.17) is 4.74 Å². The summed E-state index contributed by atoms with van der Waals surface area (Å²) >= 11 is 0. The van der Waals surface area contributed by atoms with Gasteiger partial charge in [-0.3, -0.25) is 4.79 Å². The Labute approximate surface area is 145 Å². The molecular formula is C17H24B2N2O3. The summed E-state index contributed by atoms with van der Waals surface area (Å²) in [6.45, 7) is 5.85. The molecule has 1 aliphatic heterocycles. The van der Waals surface area contributed by atoms with Crippen LogP contribution in [0.4, 0.5) is 4.79 Å². The fourth-order valence-electron chi connectivity index (χ4n) is 2.88.